The van der Waals surface area contributed by atoms with Crippen LogP contribution in [0.1, 0.15) is 34.5 Å². The Morgan fingerprint density at radius 3 is 2.27 bits per heavy atom. The van der Waals surface area contributed by atoms with E-state index in [1.54, 1.807) is 12.5 Å². The minimum absolute atomic E-state index is 0.180. The summed E-state index contributed by atoms with van der Waals surface area (Å²) in [7, 11) is 0. The highest BCUT2D eigenvalue weighted by Crippen LogP contribution is 2.29. The largest absolute Gasteiger partial charge is 0.416 e. The number of halogens is 3. The van der Waals surface area contributed by atoms with E-state index in [0.717, 1.165) is 23.4 Å². The van der Waals surface area contributed by atoms with Crippen LogP contribution in [0.2, 0.25) is 0 Å². The van der Waals surface area contributed by atoms with Crippen LogP contribution in [0.5, 0.6) is 0 Å². The van der Waals surface area contributed by atoms with Crippen LogP contribution in [-0.2, 0) is 6.18 Å². The first kappa shape index (κ1) is 17.7. The molecular weight excluding hydrogens is 343 g/mol. The third kappa shape index (κ3) is 3.93. The monoisotopic (exact) mass is 359 g/mol. The summed E-state index contributed by atoms with van der Waals surface area (Å²) in [5.41, 5.74) is 1.22. The Morgan fingerprint density at radius 1 is 1.08 bits per heavy atom. The van der Waals surface area contributed by atoms with Gasteiger partial charge in [0, 0.05) is 23.6 Å². The van der Waals surface area contributed by atoms with Crippen molar-refractivity contribution in [2.75, 3.05) is 0 Å². The van der Waals surface area contributed by atoms with Crippen LogP contribution in [0, 0.1) is 0 Å². The van der Waals surface area contributed by atoms with E-state index in [-0.39, 0.29) is 11.6 Å². The highest BCUT2D eigenvalue weighted by Gasteiger charge is 2.30. The average Bonchev–Trinajstić information content (AvgIpc) is 3.16. The number of rotatable bonds is 4. The molecule has 7 heteroatoms. The van der Waals surface area contributed by atoms with E-state index in [1.165, 1.54) is 12.1 Å². The second-order valence-electron chi connectivity index (χ2n) is 5.83. The number of nitrogens with one attached hydrogen (secondary N) is 1. The Balaban J connectivity index is 1.67. The number of carbonyl (C=O) groups excluding carboxylic acids is 1. The molecule has 1 aromatic heterocycles. The Hall–Kier alpha value is -3.09. The van der Waals surface area contributed by atoms with Gasteiger partial charge >= 0.3 is 6.18 Å². The normalized spacial score (nSPS) is 12.6. The Bertz CT molecular complexity index is 870. The lowest BCUT2D eigenvalue weighted by molar-refractivity contribution is -0.137. The molecule has 0 fully saturated rings. The lowest BCUT2D eigenvalue weighted by Crippen LogP contribution is -2.26. The van der Waals surface area contributed by atoms with Crippen molar-refractivity contribution in [2.24, 2.45) is 0 Å². The maximum absolute atomic E-state index is 12.6. The third-order valence-electron chi connectivity index (χ3n) is 4.02. The first-order valence-corrected chi connectivity index (χ1v) is 7.91. The van der Waals surface area contributed by atoms with Gasteiger partial charge in [0.1, 0.15) is 0 Å². The molecular formula is C19H16F3N3O. The van der Waals surface area contributed by atoms with E-state index in [2.05, 4.69) is 10.3 Å². The van der Waals surface area contributed by atoms with Gasteiger partial charge in [-0.05, 0) is 48.9 Å². The molecule has 0 saturated heterocycles. The molecule has 3 rings (SSSR count). The number of alkyl halides is 3. The molecule has 0 spiro atoms. The molecule has 0 bridgehead atoms. The van der Waals surface area contributed by atoms with E-state index >= 15 is 0 Å². The molecule has 0 aliphatic heterocycles. The van der Waals surface area contributed by atoms with Crippen LogP contribution in [0.15, 0.2) is 67.3 Å². The summed E-state index contributed by atoms with van der Waals surface area (Å²) in [5, 5.41) is 2.79. The molecule has 0 radical (unpaired) electrons. The van der Waals surface area contributed by atoms with E-state index in [1.807, 2.05) is 42.0 Å². The number of imidazole rings is 1. The molecule has 3 aromatic rings. The fraction of sp³-hybridized carbons (Fsp3) is 0.158. The van der Waals surface area contributed by atoms with Crippen LogP contribution in [0.4, 0.5) is 13.2 Å². The zero-order valence-corrected chi connectivity index (χ0v) is 13.9. The van der Waals surface area contributed by atoms with Gasteiger partial charge in [-0.15, -0.1) is 0 Å². The minimum Gasteiger partial charge on any atom is -0.346 e. The molecule has 2 aromatic carbocycles. The molecule has 1 atom stereocenters. The average molecular weight is 359 g/mol. The lowest BCUT2D eigenvalue weighted by atomic mass is 10.1. The van der Waals surface area contributed by atoms with Crippen molar-refractivity contribution in [3.63, 3.8) is 0 Å². The topological polar surface area (TPSA) is 46.9 Å². The van der Waals surface area contributed by atoms with Crippen molar-refractivity contribution >= 4 is 5.91 Å². The number of carbonyl (C=O) groups is 1. The molecule has 0 unspecified atom stereocenters. The number of aromatic nitrogens is 2. The second-order valence-corrected chi connectivity index (χ2v) is 5.83. The van der Waals surface area contributed by atoms with Crippen molar-refractivity contribution in [3.05, 3.63) is 83.9 Å². The van der Waals surface area contributed by atoms with Crippen LogP contribution in [0.3, 0.4) is 0 Å². The summed E-state index contributed by atoms with van der Waals surface area (Å²) in [6.45, 7) is 1.81. The molecule has 1 heterocycles. The molecule has 134 valence electrons. The van der Waals surface area contributed by atoms with Crippen LogP contribution < -0.4 is 5.32 Å². The molecule has 1 N–H and O–H groups in total. The van der Waals surface area contributed by atoms with Gasteiger partial charge < -0.3 is 9.88 Å². The van der Waals surface area contributed by atoms with Gasteiger partial charge in [0.2, 0.25) is 0 Å². The predicted molar refractivity (Wildman–Crippen MR) is 90.9 cm³/mol. The number of hydrogen-bond acceptors (Lipinski definition) is 2. The summed E-state index contributed by atoms with van der Waals surface area (Å²) in [6.07, 6.45) is 0.774. The van der Waals surface area contributed by atoms with Gasteiger partial charge in [0.05, 0.1) is 17.9 Å². The Morgan fingerprint density at radius 2 is 1.73 bits per heavy atom. The number of benzene rings is 2. The highest BCUT2D eigenvalue weighted by atomic mass is 19.4. The Kier molecular flexibility index (Phi) is 4.79. The van der Waals surface area contributed by atoms with E-state index in [4.69, 9.17) is 0 Å². The van der Waals surface area contributed by atoms with Gasteiger partial charge in [-0.25, -0.2) is 4.98 Å². The Labute approximate surface area is 148 Å². The fourth-order valence-electron chi connectivity index (χ4n) is 2.52. The van der Waals surface area contributed by atoms with Crippen molar-refractivity contribution in [3.8, 4) is 5.69 Å². The standard InChI is InChI=1S/C19H16F3N3O/c1-13(14-4-8-17(9-5-14)25-11-10-23-12-25)24-18(26)15-2-6-16(7-3-15)19(20,21)22/h2-13H,1H3,(H,24,26)/t13-/m1/s1. The number of hydrogen-bond donors (Lipinski definition) is 1. The molecule has 1 amide bonds. The van der Waals surface area contributed by atoms with E-state index in [9.17, 15) is 18.0 Å². The maximum Gasteiger partial charge on any atom is 0.416 e. The lowest BCUT2D eigenvalue weighted by Gasteiger charge is -2.15. The van der Waals surface area contributed by atoms with Crippen molar-refractivity contribution in [1.29, 1.82) is 0 Å². The van der Waals surface area contributed by atoms with Crippen molar-refractivity contribution < 1.29 is 18.0 Å². The van der Waals surface area contributed by atoms with Gasteiger partial charge in [0.25, 0.3) is 5.91 Å². The summed E-state index contributed by atoms with van der Waals surface area (Å²) in [6, 6.07) is 11.4. The van der Waals surface area contributed by atoms with Gasteiger partial charge in [-0.3, -0.25) is 4.79 Å². The molecule has 26 heavy (non-hydrogen) atoms. The maximum atomic E-state index is 12.6. The zero-order valence-electron chi connectivity index (χ0n) is 13.9. The third-order valence-corrected chi connectivity index (χ3v) is 4.02. The van der Waals surface area contributed by atoms with Crippen LogP contribution in [0.25, 0.3) is 5.69 Å². The van der Waals surface area contributed by atoms with Gasteiger partial charge in [0.15, 0.2) is 0 Å². The molecule has 4 nitrogen and oxygen atoms in total. The van der Waals surface area contributed by atoms with E-state index < -0.39 is 17.6 Å². The summed E-state index contributed by atoms with van der Waals surface area (Å²) in [4.78, 5) is 16.2. The fourth-order valence-corrected chi connectivity index (χ4v) is 2.52. The van der Waals surface area contributed by atoms with Gasteiger partial charge in [-0.1, -0.05) is 12.1 Å². The number of amides is 1. The minimum atomic E-state index is -4.42. The van der Waals surface area contributed by atoms with Gasteiger partial charge in [-0.2, -0.15) is 13.2 Å². The summed E-state index contributed by atoms with van der Waals surface area (Å²) < 4.78 is 39.6. The molecule has 0 aliphatic carbocycles. The second kappa shape index (κ2) is 7.03. The van der Waals surface area contributed by atoms with Crippen LogP contribution in [-0.4, -0.2) is 15.5 Å². The number of nitrogens with zero attached hydrogens (tertiary/aromatic N) is 2. The van der Waals surface area contributed by atoms with Crippen molar-refractivity contribution in [2.45, 2.75) is 19.1 Å². The molecule has 0 saturated carbocycles. The summed E-state index contributed by atoms with van der Waals surface area (Å²) >= 11 is 0. The smallest absolute Gasteiger partial charge is 0.346 e. The van der Waals surface area contributed by atoms with Crippen molar-refractivity contribution in [1.82, 2.24) is 14.9 Å². The predicted octanol–water partition coefficient (Wildman–Crippen LogP) is 4.38. The van der Waals surface area contributed by atoms with Crippen LogP contribution >= 0.6 is 0 Å². The molecule has 0 aliphatic rings. The summed E-state index contributed by atoms with van der Waals surface area (Å²) in [5.74, 6) is -0.426. The highest BCUT2D eigenvalue weighted by molar-refractivity contribution is 5.94. The zero-order chi connectivity index (χ0) is 18.7. The van der Waals surface area contributed by atoms with E-state index in [0.29, 0.717) is 0 Å². The SMILES string of the molecule is C[C@@H](NC(=O)c1ccc(C(F)(F)F)cc1)c1ccc(-n2ccnc2)cc1. The first-order chi connectivity index (χ1) is 12.3. The quantitative estimate of drug-likeness (QED) is 0.751. The first-order valence-electron chi connectivity index (χ1n) is 7.91.